The lowest BCUT2D eigenvalue weighted by Crippen LogP contribution is -2.37. The standard InChI is InChI=1S/C16H16Cl2N2O5S2/c1-24-16(21)11-8-10(2-3-13(11)20-4-6-25-7-5-20)19-27(22,23)14-9-12(17)15(18)26-14/h2-3,8-9,19H,4-7H2,1H3. The molecule has 1 aromatic carbocycles. The fourth-order valence-corrected chi connectivity index (χ4v) is 5.55. The Bertz CT molecular complexity index is 936. The van der Waals surface area contributed by atoms with Crippen molar-refractivity contribution in [3.63, 3.8) is 0 Å². The van der Waals surface area contributed by atoms with Crippen LogP contribution in [-0.2, 0) is 19.5 Å². The Labute approximate surface area is 170 Å². The minimum Gasteiger partial charge on any atom is -0.465 e. The highest BCUT2D eigenvalue weighted by atomic mass is 35.5. The molecule has 0 radical (unpaired) electrons. The van der Waals surface area contributed by atoms with Crippen LogP contribution in [0.15, 0.2) is 28.5 Å². The maximum Gasteiger partial charge on any atom is 0.340 e. The molecule has 0 saturated carbocycles. The first-order valence-corrected chi connectivity index (χ1v) is 10.9. The molecule has 0 aliphatic carbocycles. The molecule has 1 saturated heterocycles. The van der Waals surface area contributed by atoms with Crippen molar-refractivity contribution >= 4 is 61.9 Å². The lowest BCUT2D eigenvalue weighted by molar-refractivity contribution is 0.0600. The number of carbonyl (C=O) groups excluding carboxylic acids is 1. The molecule has 11 heteroatoms. The fraction of sp³-hybridized carbons (Fsp3) is 0.312. The Hall–Kier alpha value is -1.52. The van der Waals surface area contributed by atoms with E-state index in [2.05, 4.69) is 4.72 Å². The zero-order chi connectivity index (χ0) is 19.6. The normalized spacial score (nSPS) is 14.9. The van der Waals surface area contributed by atoms with Crippen molar-refractivity contribution < 1.29 is 22.7 Å². The van der Waals surface area contributed by atoms with Gasteiger partial charge in [0, 0.05) is 18.8 Å². The first-order valence-electron chi connectivity index (χ1n) is 7.84. The van der Waals surface area contributed by atoms with E-state index in [4.69, 9.17) is 32.7 Å². The highest BCUT2D eigenvalue weighted by molar-refractivity contribution is 7.94. The van der Waals surface area contributed by atoms with Crippen molar-refractivity contribution in [1.29, 1.82) is 0 Å². The number of thiophene rings is 1. The largest absolute Gasteiger partial charge is 0.465 e. The van der Waals surface area contributed by atoms with Gasteiger partial charge in [0.05, 0.1) is 36.6 Å². The second kappa shape index (κ2) is 8.24. The monoisotopic (exact) mass is 450 g/mol. The van der Waals surface area contributed by atoms with E-state index in [9.17, 15) is 13.2 Å². The van der Waals surface area contributed by atoms with Gasteiger partial charge in [-0.2, -0.15) is 0 Å². The van der Waals surface area contributed by atoms with E-state index in [1.165, 1.54) is 19.2 Å². The average molecular weight is 451 g/mol. The molecule has 1 aliphatic rings. The van der Waals surface area contributed by atoms with Crippen LogP contribution in [0.5, 0.6) is 0 Å². The molecule has 1 N–H and O–H groups in total. The summed E-state index contributed by atoms with van der Waals surface area (Å²) in [7, 11) is -2.61. The Morgan fingerprint density at radius 1 is 1.26 bits per heavy atom. The van der Waals surface area contributed by atoms with Crippen molar-refractivity contribution in [1.82, 2.24) is 0 Å². The second-order valence-electron chi connectivity index (χ2n) is 5.62. The number of anilines is 2. The van der Waals surface area contributed by atoms with Crippen molar-refractivity contribution in [3.05, 3.63) is 39.2 Å². The quantitative estimate of drug-likeness (QED) is 0.701. The van der Waals surface area contributed by atoms with Crippen molar-refractivity contribution in [2.24, 2.45) is 0 Å². The summed E-state index contributed by atoms with van der Waals surface area (Å²) in [5, 5.41) is 0.167. The number of esters is 1. The molecule has 3 rings (SSSR count). The zero-order valence-corrected chi connectivity index (χ0v) is 17.3. The number of morpholine rings is 1. The summed E-state index contributed by atoms with van der Waals surface area (Å²) < 4.78 is 37.9. The predicted molar refractivity (Wildman–Crippen MR) is 106 cm³/mol. The van der Waals surface area contributed by atoms with Crippen LogP contribution >= 0.6 is 34.5 Å². The van der Waals surface area contributed by atoms with Crippen molar-refractivity contribution in [2.45, 2.75) is 4.21 Å². The summed E-state index contributed by atoms with van der Waals surface area (Å²) in [4.78, 5) is 14.2. The van der Waals surface area contributed by atoms with Crippen LogP contribution in [0.3, 0.4) is 0 Å². The van der Waals surface area contributed by atoms with Gasteiger partial charge in [-0.15, -0.1) is 11.3 Å². The van der Waals surface area contributed by atoms with Gasteiger partial charge in [0.1, 0.15) is 8.55 Å². The smallest absolute Gasteiger partial charge is 0.340 e. The molecule has 1 aromatic heterocycles. The third-order valence-electron chi connectivity index (χ3n) is 3.89. The number of halogens is 2. The van der Waals surface area contributed by atoms with Crippen LogP contribution in [0.25, 0.3) is 0 Å². The Morgan fingerprint density at radius 3 is 2.56 bits per heavy atom. The molecule has 0 unspecified atom stereocenters. The number of methoxy groups -OCH3 is 1. The minimum atomic E-state index is -3.89. The summed E-state index contributed by atoms with van der Waals surface area (Å²) in [5.74, 6) is -0.556. The number of sulfonamides is 1. The van der Waals surface area contributed by atoms with Crippen LogP contribution in [0.2, 0.25) is 9.36 Å². The Balaban J connectivity index is 1.93. The number of hydrogen-bond donors (Lipinski definition) is 1. The molecule has 0 spiro atoms. The number of rotatable bonds is 5. The van der Waals surface area contributed by atoms with E-state index in [1.54, 1.807) is 12.1 Å². The summed E-state index contributed by atoms with van der Waals surface area (Å²) in [6.45, 7) is 2.35. The Kier molecular flexibility index (Phi) is 6.17. The van der Waals surface area contributed by atoms with E-state index in [-0.39, 0.29) is 24.8 Å². The molecule has 0 amide bonds. The summed E-state index contributed by atoms with van der Waals surface area (Å²) in [5.41, 5.74) is 1.16. The Morgan fingerprint density at radius 2 is 1.96 bits per heavy atom. The first kappa shape index (κ1) is 20.2. The van der Waals surface area contributed by atoms with E-state index >= 15 is 0 Å². The van der Waals surface area contributed by atoms with Gasteiger partial charge in [-0.1, -0.05) is 23.2 Å². The average Bonchev–Trinajstić information content (AvgIpc) is 3.01. The minimum absolute atomic E-state index is 0.0191. The number of nitrogens with zero attached hydrogens (tertiary/aromatic N) is 1. The fourth-order valence-electron chi connectivity index (χ4n) is 2.62. The van der Waals surface area contributed by atoms with Crippen molar-refractivity contribution in [3.8, 4) is 0 Å². The molecule has 0 atom stereocenters. The van der Waals surface area contributed by atoms with Gasteiger partial charge in [-0.05, 0) is 24.3 Å². The first-order chi connectivity index (χ1) is 12.8. The summed E-state index contributed by atoms with van der Waals surface area (Å²) >= 11 is 12.5. The van der Waals surface area contributed by atoms with Gasteiger partial charge in [-0.25, -0.2) is 13.2 Å². The van der Waals surface area contributed by atoms with E-state index in [0.29, 0.717) is 32.0 Å². The lowest BCUT2D eigenvalue weighted by atomic mass is 10.1. The number of ether oxygens (including phenoxy) is 2. The van der Waals surface area contributed by atoms with Gasteiger partial charge in [-0.3, -0.25) is 4.72 Å². The van der Waals surface area contributed by atoms with Gasteiger partial charge < -0.3 is 14.4 Å². The molecule has 1 fully saturated rings. The molecule has 2 aromatic rings. The molecule has 1 aliphatic heterocycles. The molecular weight excluding hydrogens is 435 g/mol. The van der Waals surface area contributed by atoms with Gasteiger partial charge >= 0.3 is 5.97 Å². The number of carbonyl (C=O) groups is 1. The van der Waals surface area contributed by atoms with Gasteiger partial charge in [0.15, 0.2) is 0 Å². The number of hydrogen-bond acceptors (Lipinski definition) is 7. The van der Waals surface area contributed by atoms with Crippen LogP contribution in [0.4, 0.5) is 11.4 Å². The lowest BCUT2D eigenvalue weighted by Gasteiger charge is -2.30. The third kappa shape index (κ3) is 4.49. The number of nitrogens with one attached hydrogen (secondary N) is 1. The SMILES string of the molecule is COC(=O)c1cc(NS(=O)(=O)c2cc(Cl)c(Cl)s2)ccc1N1CCOCC1. The molecule has 2 heterocycles. The van der Waals surface area contributed by atoms with E-state index in [1.807, 2.05) is 4.90 Å². The topological polar surface area (TPSA) is 84.9 Å². The maximum absolute atomic E-state index is 12.5. The van der Waals surface area contributed by atoms with Crippen LogP contribution in [0, 0.1) is 0 Å². The molecule has 7 nitrogen and oxygen atoms in total. The van der Waals surface area contributed by atoms with Gasteiger partial charge in [0.2, 0.25) is 0 Å². The zero-order valence-electron chi connectivity index (χ0n) is 14.2. The van der Waals surface area contributed by atoms with Crippen LogP contribution in [-0.4, -0.2) is 47.8 Å². The van der Waals surface area contributed by atoms with E-state index < -0.39 is 16.0 Å². The van der Waals surface area contributed by atoms with Crippen molar-refractivity contribution in [2.75, 3.05) is 43.0 Å². The number of benzene rings is 1. The summed E-state index contributed by atoms with van der Waals surface area (Å²) in [6.07, 6.45) is 0. The highest BCUT2D eigenvalue weighted by Crippen LogP contribution is 2.35. The van der Waals surface area contributed by atoms with Gasteiger partial charge in [0.25, 0.3) is 10.0 Å². The highest BCUT2D eigenvalue weighted by Gasteiger charge is 2.23. The van der Waals surface area contributed by atoms with Crippen LogP contribution in [0.1, 0.15) is 10.4 Å². The molecule has 0 bridgehead atoms. The molecule has 27 heavy (non-hydrogen) atoms. The molecular formula is C16H16Cl2N2O5S2. The maximum atomic E-state index is 12.5. The van der Waals surface area contributed by atoms with Crippen LogP contribution < -0.4 is 9.62 Å². The molecule has 146 valence electrons. The summed E-state index contributed by atoms with van der Waals surface area (Å²) in [6, 6.07) is 6.00. The predicted octanol–water partition coefficient (Wildman–Crippen LogP) is 3.48. The second-order valence-corrected chi connectivity index (χ2v) is 9.59. The third-order valence-corrected chi connectivity index (χ3v) is 7.61. The van der Waals surface area contributed by atoms with E-state index in [0.717, 1.165) is 11.3 Å².